The average Bonchev–Trinajstić information content (AvgIpc) is 1.82. The Labute approximate surface area is 66.8 Å². The van der Waals surface area contributed by atoms with E-state index in [-0.39, 0.29) is 0 Å². The summed E-state index contributed by atoms with van der Waals surface area (Å²) in [5.74, 6) is 0. The van der Waals surface area contributed by atoms with Crippen molar-refractivity contribution in [3.05, 3.63) is 0 Å². The smallest absolute Gasteiger partial charge is 0.152 e. The maximum atomic E-state index is 10.8. The van der Waals surface area contributed by atoms with Crippen LogP contribution in [0, 0.1) is 0 Å². The van der Waals surface area contributed by atoms with Gasteiger partial charge in [-0.2, -0.15) is 0 Å². The minimum Gasteiger partial charge on any atom is -0.391 e. The summed E-state index contributed by atoms with van der Waals surface area (Å²) in [5, 5.41) is 17.0. The molecule has 3 atom stereocenters. The SMILES string of the molecule is CC(O)C(O)C(C)S(C)(=O)=O. The second-order valence-electron chi connectivity index (χ2n) is 2.77. The van der Waals surface area contributed by atoms with Gasteiger partial charge in [0.1, 0.15) is 0 Å². The fourth-order valence-corrected chi connectivity index (χ4v) is 1.38. The highest BCUT2D eigenvalue weighted by Crippen LogP contribution is 2.07. The van der Waals surface area contributed by atoms with Crippen LogP contribution in [-0.4, -0.2) is 42.3 Å². The molecule has 0 amide bonds. The topological polar surface area (TPSA) is 74.6 Å². The van der Waals surface area contributed by atoms with Gasteiger partial charge in [0.05, 0.1) is 17.5 Å². The predicted octanol–water partition coefficient (Wildman–Crippen LogP) is -0.839. The van der Waals surface area contributed by atoms with Crippen molar-refractivity contribution in [1.29, 1.82) is 0 Å². The molecule has 0 aromatic rings. The molecule has 0 radical (unpaired) electrons. The van der Waals surface area contributed by atoms with Gasteiger partial charge in [-0.15, -0.1) is 0 Å². The van der Waals surface area contributed by atoms with Crippen molar-refractivity contribution in [3.63, 3.8) is 0 Å². The summed E-state index contributed by atoms with van der Waals surface area (Å²) >= 11 is 0. The minimum absolute atomic E-state index is 0.914. The molecule has 0 aromatic carbocycles. The van der Waals surface area contributed by atoms with Gasteiger partial charge in [-0.3, -0.25) is 0 Å². The van der Waals surface area contributed by atoms with Gasteiger partial charge in [-0.1, -0.05) is 0 Å². The standard InChI is InChI=1S/C6H14O4S/c1-4(7)6(8)5(2)11(3,9)10/h4-8H,1-3H3. The first-order valence-electron chi connectivity index (χ1n) is 3.32. The van der Waals surface area contributed by atoms with Crippen molar-refractivity contribution in [2.45, 2.75) is 31.3 Å². The van der Waals surface area contributed by atoms with E-state index in [2.05, 4.69) is 0 Å². The van der Waals surface area contributed by atoms with Crippen molar-refractivity contribution in [2.24, 2.45) is 0 Å². The van der Waals surface area contributed by atoms with Crippen LogP contribution in [0.4, 0.5) is 0 Å². The molecular weight excluding hydrogens is 168 g/mol. The third-order valence-electron chi connectivity index (χ3n) is 1.65. The van der Waals surface area contributed by atoms with Gasteiger partial charge in [0, 0.05) is 6.26 Å². The Kier molecular flexibility index (Phi) is 3.47. The largest absolute Gasteiger partial charge is 0.391 e. The zero-order valence-electron chi connectivity index (χ0n) is 6.85. The van der Waals surface area contributed by atoms with E-state index in [0.717, 1.165) is 6.26 Å². The van der Waals surface area contributed by atoms with Gasteiger partial charge in [0.2, 0.25) is 0 Å². The van der Waals surface area contributed by atoms with Crippen LogP contribution in [0.25, 0.3) is 0 Å². The van der Waals surface area contributed by atoms with Crippen LogP contribution in [0.1, 0.15) is 13.8 Å². The van der Waals surface area contributed by atoms with Gasteiger partial charge in [-0.05, 0) is 13.8 Å². The minimum atomic E-state index is -3.26. The molecule has 68 valence electrons. The van der Waals surface area contributed by atoms with Crippen LogP contribution in [0.2, 0.25) is 0 Å². The number of hydrogen-bond donors (Lipinski definition) is 2. The van der Waals surface area contributed by atoms with Crippen LogP contribution in [0.15, 0.2) is 0 Å². The van der Waals surface area contributed by atoms with Crippen LogP contribution in [-0.2, 0) is 9.84 Å². The van der Waals surface area contributed by atoms with Gasteiger partial charge in [0.25, 0.3) is 0 Å². The third kappa shape index (κ3) is 3.18. The quantitative estimate of drug-likeness (QED) is 0.597. The van der Waals surface area contributed by atoms with Gasteiger partial charge in [-0.25, -0.2) is 8.42 Å². The number of hydrogen-bond acceptors (Lipinski definition) is 4. The van der Waals surface area contributed by atoms with Crippen molar-refractivity contribution in [3.8, 4) is 0 Å². The van der Waals surface area contributed by atoms with Gasteiger partial charge in [0.15, 0.2) is 9.84 Å². The second-order valence-corrected chi connectivity index (χ2v) is 5.17. The maximum absolute atomic E-state index is 10.8. The molecule has 4 nitrogen and oxygen atoms in total. The van der Waals surface area contributed by atoms with Crippen molar-refractivity contribution in [1.82, 2.24) is 0 Å². The summed E-state index contributed by atoms with van der Waals surface area (Å²) < 4.78 is 21.6. The lowest BCUT2D eigenvalue weighted by atomic mass is 10.2. The van der Waals surface area contributed by atoms with Crippen molar-refractivity contribution < 1.29 is 18.6 Å². The molecule has 0 rings (SSSR count). The molecule has 2 N–H and O–H groups in total. The molecule has 11 heavy (non-hydrogen) atoms. The molecule has 0 aliphatic heterocycles. The summed E-state index contributed by atoms with van der Waals surface area (Å²) in [6.07, 6.45) is -1.19. The number of aliphatic hydroxyl groups excluding tert-OH is 2. The van der Waals surface area contributed by atoms with E-state index in [1.807, 2.05) is 0 Å². The maximum Gasteiger partial charge on any atom is 0.152 e. The molecule has 0 fully saturated rings. The Morgan fingerprint density at radius 1 is 1.18 bits per heavy atom. The molecule has 0 saturated carbocycles. The lowest BCUT2D eigenvalue weighted by Gasteiger charge is -2.19. The zero-order chi connectivity index (χ0) is 9.23. The predicted molar refractivity (Wildman–Crippen MR) is 42.0 cm³/mol. The Hall–Kier alpha value is -0.130. The first kappa shape index (κ1) is 10.9. The summed E-state index contributed by atoms with van der Waals surface area (Å²) in [4.78, 5) is 0. The number of sulfone groups is 1. The number of aliphatic hydroxyl groups is 2. The van der Waals surface area contributed by atoms with Crippen molar-refractivity contribution >= 4 is 9.84 Å². The van der Waals surface area contributed by atoms with E-state index in [0.29, 0.717) is 0 Å². The zero-order valence-corrected chi connectivity index (χ0v) is 7.67. The normalized spacial score (nSPS) is 20.8. The summed E-state index contributed by atoms with van der Waals surface area (Å²) in [6, 6.07) is 0. The fourth-order valence-electron chi connectivity index (χ4n) is 0.645. The molecule has 3 unspecified atom stereocenters. The first-order chi connectivity index (χ1) is 4.76. The summed E-state index contributed by atoms with van der Waals surface area (Å²) in [6.45, 7) is 2.72. The molecule has 0 aromatic heterocycles. The van der Waals surface area contributed by atoms with Crippen LogP contribution >= 0.6 is 0 Å². The third-order valence-corrected chi connectivity index (χ3v) is 3.28. The summed E-state index contributed by atoms with van der Waals surface area (Å²) in [5.41, 5.74) is 0. The van der Waals surface area contributed by atoms with E-state index in [4.69, 9.17) is 10.2 Å². The van der Waals surface area contributed by atoms with Crippen LogP contribution < -0.4 is 0 Å². The Morgan fingerprint density at radius 2 is 1.55 bits per heavy atom. The van der Waals surface area contributed by atoms with E-state index >= 15 is 0 Å². The van der Waals surface area contributed by atoms with Crippen molar-refractivity contribution in [2.75, 3.05) is 6.26 Å². The number of rotatable bonds is 3. The van der Waals surface area contributed by atoms with E-state index in [1.54, 1.807) is 0 Å². The Morgan fingerprint density at radius 3 is 1.64 bits per heavy atom. The molecule has 0 saturated heterocycles. The fraction of sp³-hybridized carbons (Fsp3) is 1.00. The van der Waals surface area contributed by atoms with Gasteiger partial charge >= 0.3 is 0 Å². The second kappa shape index (κ2) is 3.51. The highest BCUT2D eigenvalue weighted by atomic mass is 32.2. The lowest BCUT2D eigenvalue weighted by Crippen LogP contribution is -2.38. The molecule has 0 heterocycles. The van der Waals surface area contributed by atoms with Gasteiger partial charge < -0.3 is 10.2 Å². The highest BCUT2D eigenvalue weighted by Gasteiger charge is 2.27. The Bertz CT molecular complexity index is 207. The lowest BCUT2D eigenvalue weighted by molar-refractivity contribution is 0.0315. The van der Waals surface area contributed by atoms with Crippen LogP contribution in [0.5, 0.6) is 0 Å². The molecular formula is C6H14O4S. The monoisotopic (exact) mass is 182 g/mol. The van der Waals surface area contributed by atoms with E-state index in [9.17, 15) is 8.42 Å². The molecule has 5 heteroatoms. The first-order valence-corrected chi connectivity index (χ1v) is 5.27. The molecule has 0 aliphatic carbocycles. The van der Waals surface area contributed by atoms with Crippen LogP contribution in [0.3, 0.4) is 0 Å². The van der Waals surface area contributed by atoms with E-state index in [1.165, 1.54) is 13.8 Å². The molecule has 0 aliphatic rings. The summed E-state index contributed by atoms with van der Waals surface area (Å²) in [7, 11) is -3.26. The molecule has 0 bridgehead atoms. The van der Waals surface area contributed by atoms with E-state index < -0.39 is 27.3 Å². The highest BCUT2D eigenvalue weighted by molar-refractivity contribution is 7.91. The Balaban J connectivity index is 4.38. The molecule has 0 spiro atoms. The average molecular weight is 182 g/mol.